The minimum absolute atomic E-state index is 0.0968. The number of urea groups is 1. The monoisotopic (exact) mass is 691 g/mol. The number of nitrogens with one attached hydrogen (secondary N) is 5. The van der Waals surface area contributed by atoms with E-state index < -0.39 is 75.5 Å². The number of primary amides is 1. The number of hydrogen-bond donors (Lipinski definition) is 8. The van der Waals surface area contributed by atoms with E-state index in [1.807, 2.05) is 0 Å². The first-order chi connectivity index (χ1) is 23.1. The number of aromatic hydroxyl groups is 1. The molecule has 3 heterocycles. The molecule has 256 valence electrons. The molecule has 0 saturated carbocycles. The lowest BCUT2D eigenvalue weighted by Gasteiger charge is -2.44. The van der Waals surface area contributed by atoms with Crippen molar-refractivity contribution in [3.8, 4) is 17.0 Å². The van der Waals surface area contributed by atoms with Crippen molar-refractivity contribution in [2.24, 2.45) is 5.73 Å². The molecule has 3 aromatic rings. The van der Waals surface area contributed by atoms with Crippen molar-refractivity contribution in [1.29, 1.82) is 0 Å². The van der Waals surface area contributed by atoms with Crippen molar-refractivity contribution < 1.29 is 39.0 Å². The maximum absolute atomic E-state index is 13.6. The van der Waals surface area contributed by atoms with Gasteiger partial charge in [0.15, 0.2) is 0 Å². The quantitative estimate of drug-likeness (QED) is 0.139. The zero-order chi connectivity index (χ0) is 35.8. The molecule has 6 amide bonds. The number of hydrogen-bond acceptors (Lipinski definition) is 9. The Labute approximate surface area is 282 Å². The summed E-state index contributed by atoms with van der Waals surface area (Å²) < 4.78 is -0.815. The summed E-state index contributed by atoms with van der Waals surface area (Å²) in [6.45, 7) is 4.87. The van der Waals surface area contributed by atoms with E-state index in [1.165, 1.54) is 60.0 Å². The second-order valence-electron chi connectivity index (χ2n) is 12.0. The van der Waals surface area contributed by atoms with Crippen LogP contribution in [0.4, 0.5) is 10.5 Å². The lowest BCUT2D eigenvalue weighted by atomic mass is 9.95. The van der Waals surface area contributed by atoms with Gasteiger partial charge in [-0.1, -0.05) is 24.3 Å². The average Bonchev–Trinajstić information content (AvgIpc) is 3.30. The Morgan fingerprint density at radius 3 is 2.18 bits per heavy atom. The van der Waals surface area contributed by atoms with Crippen LogP contribution in [0.5, 0.6) is 5.75 Å². The molecule has 2 aliphatic rings. The summed E-state index contributed by atoms with van der Waals surface area (Å²) in [7, 11) is 0. The molecule has 5 atom stereocenters. The number of phenols is 1. The third kappa shape index (κ3) is 7.06. The number of anilines is 1. The van der Waals surface area contributed by atoms with Crippen LogP contribution in [-0.4, -0.2) is 84.0 Å². The van der Waals surface area contributed by atoms with Crippen LogP contribution in [0.1, 0.15) is 42.7 Å². The first-order valence-corrected chi connectivity index (χ1v) is 15.8. The van der Waals surface area contributed by atoms with Crippen LogP contribution in [0.25, 0.3) is 11.3 Å². The number of phenolic OH excluding ortho intramolecular Hbond substituents is 1. The number of aromatic amines is 1. The Morgan fingerprint density at radius 2 is 1.59 bits per heavy atom. The van der Waals surface area contributed by atoms with Gasteiger partial charge in [-0.3, -0.25) is 24.0 Å². The highest BCUT2D eigenvalue weighted by Crippen LogP contribution is 2.50. The summed E-state index contributed by atoms with van der Waals surface area (Å²) >= 11 is 1.24. The summed E-state index contributed by atoms with van der Waals surface area (Å²) in [6.07, 6.45) is 0. The highest BCUT2D eigenvalue weighted by atomic mass is 32.2. The molecule has 2 aromatic carbocycles. The molecule has 16 nitrogen and oxygen atoms in total. The molecule has 0 aliphatic carbocycles. The highest BCUT2D eigenvalue weighted by Gasteiger charge is 2.64. The van der Waals surface area contributed by atoms with Gasteiger partial charge in [0.1, 0.15) is 40.9 Å². The van der Waals surface area contributed by atoms with Crippen molar-refractivity contribution >= 4 is 53.1 Å². The molecule has 17 heteroatoms. The number of thioether (sulfide) groups is 1. The van der Waals surface area contributed by atoms with Crippen molar-refractivity contribution in [3.05, 3.63) is 82.1 Å². The number of amides is 6. The minimum Gasteiger partial charge on any atom is -0.508 e. The lowest BCUT2D eigenvalue weighted by molar-refractivity contribution is -0.161. The predicted molar refractivity (Wildman–Crippen MR) is 177 cm³/mol. The van der Waals surface area contributed by atoms with Gasteiger partial charge in [0.05, 0.1) is 0 Å². The summed E-state index contributed by atoms with van der Waals surface area (Å²) in [5.41, 5.74) is 5.51. The zero-order valence-corrected chi connectivity index (χ0v) is 27.2. The fraction of sp³-hybridized carbons (Fsp3) is 0.281. The standard InChI is InChI=1S/C32H33N7O9S/c1-14(34-31(33)48)24(41)35-17-8-4-15(5-9-17)20-13-12-19(25(42)36-20)26(43)37-21(16-6-10-18(40)11-7-16)27(44)38-22-28(45)39-23(30(46)47)32(2,3)49-29(22)39/h4-14,21-23,29,40H,1-3H3,(H,35,41)(H,36,42)(H,37,43)(H,38,44)(H,46,47)(H3,33,34,48)/t14?,21?,22-,23+,29-/m1/s1. The zero-order valence-electron chi connectivity index (χ0n) is 26.3. The summed E-state index contributed by atoms with van der Waals surface area (Å²) in [4.78, 5) is 91.9. The van der Waals surface area contributed by atoms with Crippen molar-refractivity contribution in [1.82, 2.24) is 25.8 Å². The summed E-state index contributed by atoms with van der Waals surface area (Å²) in [5.74, 6) is -4.01. The molecule has 49 heavy (non-hydrogen) atoms. The van der Waals surface area contributed by atoms with E-state index in [4.69, 9.17) is 5.73 Å². The molecular formula is C32H33N7O9S. The Bertz CT molecular complexity index is 1900. The number of benzene rings is 2. The fourth-order valence-electron chi connectivity index (χ4n) is 5.64. The van der Waals surface area contributed by atoms with Gasteiger partial charge in [-0.25, -0.2) is 9.59 Å². The van der Waals surface area contributed by atoms with E-state index in [0.29, 0.717) is 16.9 Å². The van der Waals surface area contributed by atoms with E-state index in [1.54, 1.807) is 38.1 Å². The number of fused-ring (bicyclic) bond motifs is 1. The molecule has 5 rings (SSSR count). The number of aliphatic carboxylic acids is 1. The number of nitrogens with zero attached hydrogens (tertiary/aromatic N) is 1. The molecule has 2 unspecified atom stereocenters. The van der Waals surface area contributed by atoms with E-state index in [2.05, 4.69) is 26.3 Å². The Balaban J connectivity index is 1.30. The number of rotatable bonds is 10. The van der Waals surface area contributed by atoms with Gasteiger partial charge in [0.2, 0.25) is 17.7 Å². The smallest absolute Gasteiger partial charge is 0.327 e. The molecular weight excluding hydrogens is 658 g/mol. The molecule has 0 bridgehead atoms. The van der Waals surface area contributed by atoms with Gasteiger partial charge in [-0.2, -0.15) is 0 Å². The van der Waals surface area contributed by atoms with Crippen molar-refractivity contribution in [2.45, 2.75) is 55.1 Å². The van der Waals surface area contributed by atoms with Gasteiger partial charge in [0.25, 0.3) is 11.5 Å². The second kappa shape index (κ2) is 13.3. The number of carboxylic acid groups (broad SMARTS) is 1. The number of nitrogens with two attached hydrogens (primary N) is 1. The third-order valence-corrected chi connectivity index (χ3v) is 9.68. The molecule has 2 fully saturated rings. The molecule has 1 aromatic heterocycles. The van der Waals surface area contributed by atoms with Gasteiger partial charge in [-0.15, -0.1) is 11.8 Å². The van der Waals surface area contributed by atoms with Crippen LogP contribution < -0.4 is 32.6 Å². The maximum Gasteiger partial charge on any atom is 0.327 e. The van der Waals surface area contributed by atoms with Gasteiger partial charge in [-0.05, 0) is 68.3 Å². The van der Waals surface area contributed by atoms with E-state index in [-0.39, 0.29) is 16.9 Å². The number of carboxylic acids is 1. The van der Waals surface area contributed by atoms with Crippen LogP contribution in [0, 0.1) is 0 Å². The van der Waals surface area contributed by atoms with Crippen molar-refractivity contribution in [3.63, 3.8) is 0 Å². The van der Waals surface area contributed by atoms with Gasteiger partial charge < -0.3 is 47.1 Å². The highest BCUT2D eigenvalue weighted by molar-refractivity contribution is 8.01. The minimum atomic E-state index is -1.40. The number of β-lactam (4-membered cyclic amide) rings is 1. The number of carbonyl (C=O) groups is 6. The molecule has 0 radical (unpaired) electrons. The third-order valence-electron chi connectivity index (χ3n) is 8.11. The van der Waals surface area contributed by atoms with Crippen LogP contribution in [0.3, 0.4) is 0 Å². The number of H-pyrrole nitrogens is 1. The number of pyridine rings is 1. The van der Waals surface area contributed by atoms with E-state index in [9.17, 15) is 43.8 Å². The SMILES string of the molecule is CC(NC(N)=O)C(=O)Nc1ccc(-c2ccc(C(=O)NC(C(=O)N[C@@H]3C(=O)N4[C@@H]3SC(C)(C)[C@@H]4C(=O)O)c3ccc(O)cc3)c(=O)[nH]2)cc1. The maximum atomic E-state index is 13.6. The lowest BCUT2D eigenvalue weighted by Crippen LogP contribution is -2.71. The predicted octanol–water partition coefficient (Wildman–Crippen LogP) is 0.846. The normalized spacial score (nSPS) is 20.2. The molecule has 2 aliphatic heterocycles. The van der Waals surface area contributed by atoms with Crippen LogP contribution in [0.15, 0.2) is 65.5 Å². The topological polar surface area (TPSA) is 253 Å². The molecule has 9 N–H and O–H groups in total. The number of carbonyl (C=O) groups excluding carboxylic acids is 5. The van der Waals surface area contributed by atoms with Gasteiger partial charge in [0, 0.05) is 16.1 Å². The Kier molecular flexibility index (Phi) is 9.39. The Morgan fingerprint density at radius 1 is 0.939 bits per heavy atom. The fourth-order valence-corrected chi connectivity index (χ4v) is 7.27. The summed E-state index contributed by atoms with van der Waals surface area (Å²) in [6, 6.07) is 9.31. The van der Waals surface area contributed by atoms with Crippen LogP contribution >= 0.6 is 11.8 Å². The van der Waals surface area contributed by atoms with Gasteiger partial charge >= 0.3 is 12.0 Å². The van der Waals surface area contributed by atoms with Crippen LogP contribution in [0.2, 0.25) is 0 Å². The van der Waals surface area contributed by atoms with Crippen LogP contribution in [-0.2, 0) is 19.2 Å². The second-order valence-corrected chi connectivity index (χ2v) is 13.8. The van der Waals surface area contributed by atoms with E-state index >= 15 is 0 Å². The molecule has 2 saturated heterocycles. The summed E-state index contributed by atoms with van der Waals surface area (Å²) in [5, 5.41) is 28.9. The molecule has 0 spiro atoms. The number of aromatic nitrogens is 1. The first kappa shape index (κ1) is 34.5. The first-order valence-electron chi connectivity index (χ1n) is 14.9. The Hall–Kier alpha value is -5.84. The average molecular weight is 692 g/mol. The largest absolute Gasteiger partial charge is 0.508 e. The van der Waals surface area contributed by atoms with E-state index in [0.717, 1.165) is 0 Å². The van der Waals surface area contributed by atoms with Crippen molar-refractivity contribution in [2.75, 3.05) is 5.32 Å².